The lowest BCUT2D eigenvalue weighted by Gasteiger charge is -2.45. The van der Waals surface area contributed by atoms with E-state index in [9.17, 15) is 22.7 Å². The number of piperazine rings is 1. The third kappa shape index (κ3) is 5.81. The number of piperidine rings is 1. The van der Waals surface area contributed by atoms with Crippen LogP contribution in [-0.4, -0.2) is 84.2 Å². The number of sulfonamides is 1. The highest BCUT2D eigenvalue weighted by atomic mass is 35.5. The van der Waals surface area contributed by atoms with Gasteiger partial charge in [0.05, 0.1) is 23.6 Å². The number of hydrogen-bond acceptors (Lipinski definition) is 6. The molecular weight excluding hydrogens is 545 g/mol. The molecule has 0 spiro atoms. The highest BCUT2D eigenvalue weighted by Crippen LogP contribution is 2.52. The van der Waals surface area contributed by atoms with E-state index in [1.54, 1.807) is 17.0 Å². The third-order valence-electron chi connectivity index (χ3n) is 8.19. The van der Waals surface area contributed by atoms with E-state index in [1.165, 1.54) is 40.7 Å². The van der Waals surface area contributed by atoms with Crippen LogP contribution in [0.15, 0.2) is 53.4 Å². The second-order valence-electron chi connectivity index (χ2n) is 10.8. The number of β-amino-alcohol motifs (C(OH)–C–C–N with tert-alkyl or cyclic N) is 1. The molecule has 1 aliphatic carbocycles. The molecule has 0 bridgehead atoms. The minimum Gasteiger partial charge on any atom is -0.441 e. The number of carbonyl (C=O) groups excluding carboxylic acids is 1. The summed E-state index contributed by atoms with van der Waals surface area (Å²) < 4.78 is 50.3. The number of carbonyl (C=O) groups is 1. The number of ether oxygens (including phenoxy) is 1. The van der Waals surface area contributed by atoms with Crippen molar-refractivity contribution in [2.45, 2.75) is 67.6 Å². The Kier molecular flexibility index (Phi) is 8.22. The number of aliphatic hydroxyl groups is 1. The molecule has 2 heterocycles. The lowest BCUT2D eigenvalue weighted by Crippen LogP contribution is -2.57. The van der Waals surface area contributed by atoms with E-state index in [2.05, 4.69) is 4.90 Å². The predicted molar refractivity (Wildman–Crippen MR) is 145 cm³/mol. The molecule has 1 N–H and O–H groups in total. The highest BCUT2D eigenvalue weighted by molar-refractivity contribution is 7.89. The van der Waals surface area contributed by atoms with Gasteiger partial charge in [0.2, 0.25) is 10.0 Å². The van der Waals surface area contributed by atoms with Crippen molar-refractivity contribution in [3.8, 4) is 0 Å². The maximum Gasteiger partial charge on any atom is 0.410 e. The molecule has 11 heteroatoms. The van der Waals surface area contributed by atoms with Crippen LogP contribution < -0.4 is 0 Å². The molecule has 1 amide bonds. The first-order valence-corrected chi connectivity index (χ1v) is 15.3. The van der Waals surface area contributed by atoms with Crippen LogP contribution in [0.1, 0.15) is 50.6 Å². The first-order valence-electron chi connectivity index (χ1n) is 13.5. The van der Waals surface area contributed by atoms with E-state index in [4.69, 9.17) is 16.3 Å². The largest absolute Gasteiger partial charge is 0.441 e. The normalized spacial score (nSPS) is 25.8. The molecule has 2 saturated heterocycles. The Labute approximate surface area is 234 Å². The molecule has 5 rings (SSSR count). The number of halogens is 2. The van der Waals surface area contributed by atoms with E-state index < -0.39 is 39.6 Å². The summed E-state index contributed by atoms with van der Waals surface area (Å²) in [5, 5.41) is 9.69. The Morgan fingerprint density at radius 1 is 1.15 bits per heavy atom. The van der Waals surface area contributed by atoms with Gasteiger partial charge in [0.15, 0.2) is 0 Å². The fraction of sp³-hybridized carbons (Fsp3) is 0.536. The highest BCUT2D eigenvalue weighted by Gasteiger charge is 2.60. The van der Waals surface area contributed by atoms with Gasteiger partial charge in [-0.2, -0.15) is 4.31 Å². The number of benzene rings is 2. The molecule has 39 heavy (non-hydrogen) atoms. The van der Waals surface area contributed by atoms with Crippen molar-refractivity contribution < 1.29 is 27.4 Å². The molecule has 3 unspecified atom stereocenters. The van der Waals surface area contributed by atoms with Gasteiger partial charge in [-0.3, -0.25) is 4.90 Å². The smallest absolute Gasteiger partial charge is 0.410 e. The topological polar surface area (TPSA) is 90.4 Å². The average molecular weight is 580 g/mol. The molecule has 2 aliphatic heterocycles. The molecule has 3 atom stereocenters. The van der Waals surface area contributed by atoms with Crippen LogP contribution in [0, 0.1) is 5.82 Å². The Morgan fingerprint density at radius 3 is 2.54 bits per heavy atom. The number of amides is 1. The summed E-state index contributed by atoms with van der Waals surface area (Å²) >= 11 is 6.04. The fourth-order valence-electron chi connectivity index (χ4n) is 6.07. The average Bonchev–Trinajstić information content (AvgIpc) is 3.69. The maximum absolute atomic E-state index is 14.3. The maximum atomic E-state index is 14.3. The Balaban J connectivity index is 1.46. The van der Waals surface area contributed by atoms with Gasteiger partial charge in [0.1, 0.15) is 11.4 Å². The van der Waals surface area contributed by atoms with Crippen LogP contribution in [0.5, 0.6) is 0 Å². The van der Waals surface area contributed by atoms with Crippen molar-refractivity contribution in [1.82, 2.24) is 14.1 Å². The molecule has 3 aliphatic rings. The van der Waals surface area contributed by atoms with Gasteiger partial charge in [-0.05, 0) is 81.0 Å². The summed E-state index contributed by atoms with van der Waals surface area (Å²) in [7, 11) is -4.05. The Hall–Kier alpha value is -2.24. The quantitative estimate of drug-likeness (QED) is 0.522. The molecule has 8 nitrogen and oxygen atoms in total. The van der Waals surface area contributed by atoms with Gasteiger partial charge in [-0.25, -0.2) is 17.6 Å². The fourth-order valence-corrected chi connectivity index (χ4v) is 8.11. The zero-order chi connectivity index (χ0) is 27.8. The van der Waals surface area contributed by atoms with E-state index in [0.717, 1.165) is 0 Å². The predicted octanol–water partition coefficient (Wildman–Crippen LogP) is 4.43. The minimum absolute atomic E-state index is 0.0619. The van der Waals surface area contributed by atoms with Crippen LogP contribution >= 0.6 is 11.6 Å². The van der Waals surface area contributed by atoms with Gasteiger partial charge >= 0.3 is 6.09 Å². The summed E-state index contributed by atoms with van der Waals surface area (Å²) in [6.07, 6.45) is 2.45. The number of rotatable bonds is 7. The van der Waals surface area contributed by atoms with Gasteiger partial charge in [0.25, 0.3) is 0 Å². The molecule has 2 aromatic carbocycles. The summed E-state index contributed by atoms with van der Waals surface area (Å²) in [5.41, 5.74) is -0.363. The van der Waals surface area contributed by atoms with Crippen molar-refractivity contribution in [2.75, 3.05) is 32.8 Å². The van der Waals surface area contributed by atoms with Crippen LogP contribution in [0.25, 0.3) is 0 Å². The SMILES string of the molecule is CC1CN(CCO)CCN1C(=O)OC1(C2CCCC(c3cccc(F)c3)N2S(=O)(=O)c2ccc(Cl)cc2)CC1. The van der Waals surface area contributed by atoms with Gasteiger partial charge in [-0.1, -0.05) is 23.7 Å². The molecule has 212 valence electrons. The van der Waals surface area contributed by atoms with Crippen molar-refractivity contribution >= 4 is 27.7 Å². The molecule has 0 aromatic heterocycles. The Bertz CT molecular complexity index is 1290. The van der Waals surface area contributed by atoms with E-state index >= 15 is 0 Å². The van der Waals surface area contributed by atoms with Crippen LogP contribution in [0.3, 0.4) is 0 Å². The van der Waals surface area contributed by atoms with Crippen molar-refractivity contribution in [1.29, 1.82) is 0 Å². The number of nitrogens with zero attached hydrogens (tertiary/aromatic N) is 3. The second kappa shape index (κ2) is 11.3. The van der Waals surface area contributed by atoms with E-state index in [1.807, 2.05) is 6.92 Å². The van der Waals surface area contributed by atoms with Crippen molar-refractivity contribution in [3.05, 3.63) is 64.9 Å². The molecule has 0 radical (unpaired) electrons. The summed E-state index contributed by atoms with van der Waals surface area (Å²) in [5.74, 6) is -0.430. The summed E-state index contributed by atoms with van der Waals surface area (Å²) in [6, 6.07) is 10.8. The zero-order valence-corrected chi connectivity index (χ0v) is 23.6. The third-order valence-corrected chi connectivity index (χ3v) is 10.4. The molecule has 2 aromatic rings. The van der Waals surface area contributed by atoms with Crippen molar-refractivity contribution in [3.63, 3.8) is 0 Å². The first-order chi connectivity index (χ1) is 18.6. The van der Waals surface area contributed by atoms with Gasteiger partial charge in [0, 0.05) is 37.2 Å². The molecular formula is C28H35ClFN3O5S. The summed E-state index contributed by atoms with van der Waals surface area (Å²) in [4.78, 5) is 17.3. The molecule has 3 fully saturated rings. The van der Waals surface area contributed by atoms with Crippen LogP contribution in [0.4, 0.5) is 9.18 Å². The van der Waals surface area contributed by atoms with Crippen LogP contribution in [0.2, 0.25) is 5.02 Å². The van der Waals surface area contributed by atoms with Crippen molar-refractivity contribution in [2.24, 2.45) is 0 Å². The van der Waals surface area contributed by atoms with E-state index in [0.29, 0.717) is 68.9 Å². The number of aliphatic hydroxyl groups excluding tert-OH is 1. The Morgan fingerprint density at radius 2 is 1.90 bits per heavy atom. The lowest BCUT2D eigenvalue weighted by molar-refractivity contribution is -0.0225. The van der Waals surface area contributed by atoms with Gasteiger partial charge < -0.3 is 14.7 Å². The zero-order valence-electron chi connectivity index (χ0n) is 22.0. The van der Waals surface area contributed by atoms with Gasteiger partial charge in [-0.15, -0.1) is 0 Å². The number of hydrogen-bond donors (Lipinski definition) is 1. The minimum atomic E-state index is -4.05. The lowest BCUT2D eigenvalue weighted by atomic mass is 9.90. The first kappa shape index (κ1) is 28.3. The molecule has 1 saturated carbocycles. The monoisotopic (exact) mass is 579 g/mol. The summed E-state index contributed by atoms with van der Waals surface area (Å²) in [6.45, 7) is 4.30. The van der Waals surface area contributed by atoms with Crippen LogP contribution in [-0.2, 0) is 14.8 Å². The second-order valence-corrected chi connectivity index (χ2v) is 13.1. The van der Waals surface area contributed by atoms with E-state index in [-0.39, 0.29) is 17.5 Å². The standard InChI is InChI=1S/C28H35ClFN3O5S/c1-20-19-31(16-17-34)14-15-32(20)27(35)38-28(12-13-28)26-7-3-6-25(21-4-2-5-23(30)18-21)33(26)39(36,37)24-10-8-22(29)9-11-24/h2,4-5,8-11,18,20,25-26,34H,3,6-7,12-17,19H2,1H3.